The van der Waals surface area contributed by atoms with Crippen molar-refractivity contribution >= 4 is 11.8 Å². The van der Waals surface area contributed by atoms with E-state index >= 15 is 0 Å². The minimum Gasteiger partial charge on any atom is -0.396 e. The molecule has 2 fully saturated rings. The van der Waals surface area contributed by atoms with Crippen molar-refractivity contribution in [2.24, 2.45) is 11.8 Å². The summed E-state index contributed by atoms with van der Waals surface area (Å²) in [7, 11) is 0. The van der Waals surface area contributed by atoms with E-state index in [1.807, 2.05) is 0 Å². The van der Waals surface area contributed by atoms with E-state index in [0.717, 1.165) is 32.1 Å². The van der Waals surface area contributed by atoms with Crippen LogP contribution in [0.3, 0.4) is 0 Å². The van der Waals surface area contributed by atoms with Crippen molar-refractivity contribution in [3.05, 3.63) is 0 Å². The molecule has 0 spiro atoms. The maximum Gasteiger partial charge on any atom is 0.225 e. The van der Waals surface area contributed by atoms with Gasteiger partial charge in [-0.15, -0.1) is 0 Å². The van der Waals surface area contributed by atoms with Crippen LogP contribution in [0.2, 0.25) is 0 Å². The Bertz CT molecular complexity index is 346. The number of hydrogen-bond acceptors (Lipinski definition) is 3. The molecule has 2 amide bonds. The summed E-state index contributed by atoms with van der Waals surface area (Å²) in [6.45, 7) is 2.91. The third kappa shape index (κ3) is 3.47. The summed E-state index contributed by atoms with van der Waals surface area (Å²) < 4.78 is 0. The molecule has 2 aliphatic rings. The number of nitrogens with zero attached hydrogens (tertiary/aromatic N) is 1. The number of nitrogens with one attached hydrogen (secondary N) is 1. The molecule has 19 heavy (non-hydrogen) atoms. The van der Waals surface area contributed by atoms with Crippen molar-refractivity contribution in [2.45, 2.75) is 45.1 Å². The highest BCUT2D eigenvalue weighted by Crippen LogP contribution is 2.25. The zero-order valence-electron chi connectivity index (χ0n) is 11.6. The Balaban J connectivity index is 1.85. The van der Waals surface area contributed by atoms with E-state index in [2.05, 4.69) is 5.32 Å². The van der Waals surface area contributed by atoms with Crippen molar-refractivity contribution in [1.29, 1.82) is 0 Å². The Labute approximate surface area is 114 Å². The molecule has 0 aromatic carbocycles. The normalized spacial score (nSPS) is 31.3. The first-order chi connectivity index (χ1) is 9.11. The Morgan fingerprint density at radius 3 is 2.63 bits per heavy atom. The summed E-state index contributed by atoms with van der Waals surface area (Å²) in [5, 5.41) is 12.4. The number of aliphatic hydroxyl groups is 1. The molecule has 108 valence electrons. The number of carbonyl (C=O) groups excluding carboxylic acids is 2. The molecule has 1 heterocycles. The van der Waals surface area contributed by atoms with Crippen molar-refractivity contribution in [1.82, 2.24) is 10.2 Å². The van der Waals surface area contributed by atoms with Gasteiger partial charge in [0.25, 0.3) is 0 Å². The molecule has 5 nitrogen and oxygen atoms in total. The molecule has 0 radical (unpaired) electrons. The lowest BCUT2D eigenvalue weighted by Gasteiger charge is -2.31. The predicted molar refractivity (Wildman–Crippen MR) is 71.3 cm³/mol. The predicted octanol–water partition coefficient (Wildman–Crippen LogP) is 0.522. The van der Waals surface area contributed by atoms with Crippen LogP contribution in [0.1, 0.15) is 39.0 Å². The lowest BCUT2D eigenvalue weighted by molar-refractivity contribution is -0.129. The molecular weight excluding hydrogens is 244 g/mol. The molecule has 0 aromatic rings. The first-order valence-electron chi connectivity index (χ1n) is 7.28. The minimum atomic E-state index is -0.0785. The maximum absolute atomic E-state index is 12.2. The van der Waals surface area contributed by atoms with Gasteiger partial charge >= 0.3 is 0 Å². The molecule has 3 unspecified atom stereocenters. The third-order valence-electron chi connectivity index (χ3n) is 4.48. The van der Waals surface area contributed by atoms with Crippen LogP contribution < -0.4 is 5.32 Å². The first-order valence-corrected chi connectivity index (χ1v) is 7.28. The molecule has 2 rings (SSSR count). The lowest BCUT2D eigenvalue weighted by Crippen LogP contribution is -2.46. The van der Waals surface area contributed by atoms with E-state index in [1.54, 1.807) is 11.8 Å². The second kappa shape index (κ2) is 6.37. The Morgan fingerprint density at radius 2 is 2.00 bits per heavy atom. The zero-order valence-corrected chi connectivity index (χ0v) is 11.6. The molecule has 3 atom stereocenters. The molecule has 0 bridgehead atoms. The number of rotatable bonds is 3. The zero-order chi connectivity index (χ0) is 13.8. The fraction of sp³-hybridized carbons (Fsp3) is 0.857. The summed E-state index contributed by atoms with van der Waals surface area (Å²) in [6, 6.07) is 0.109. The van der Waals surface area contributed by atoms with Crippen LogP contribution in [-0.4, -0.2) is 47.6 Å². The average molecular weight is 268 g/mol. The summed E-state index contributed by atoms with van der Waals surface area (Å²) in [6.07, 6.45) is 4.96. The summed E-state index contributed by atoms with van der Waals surface area (Å²) in [4.78, 5) is 25.2. The van der Waals surface area contributed by atoms with Crippen molar-refractivity contribution in [3.63, 3.8) is 0 Å². The highest BCUT2D eigenvalue weighted by Gasteiger charge is 2.32. The van der Waals surface area contributed by atoms with E-state index in [-0.39, 0.29) is 36.3 Å². The van der Waals surface area contributed by atoms with E-state index in [9.17, 15) is 14.7 Å². The maximum atomic E-state index is 12.2. The Kier molecular flexibility index (Phi) is 4.80. The van der Waals surface area contributed by atoms with Crippen LogP contribution in [0.5, 0.6) is 0 Å². The van der Waals surface area contributed by atoms with Gasteiger partial charge in [0.1, 0.15) is 0 Å². The number of likely N-dealkylation sites (tertiary alicyclic amines) is 1. The number of hydrogen-bond donors (Lipinski definition) is 2. The fourth-order valence-corrected chi connectivity index (χ4v) is 3.18. The van der Waals surface area contributed by atoms with E-state index in [4.69, 9.17) is 0 Å². The van der Waals surface area contributed by atoms with Crippen LogP contribution in [0, 0.1) is 11.8 Å². The molecule has 2 N–H and O–H groups in total. The largest absolute Gasteiger partial charge is 0.396 e. The van der Waals surface area contributed by atoms with Crippen molar-refractivity contribution in [3.8, 4) is 0 Å². The number of carbonyl (C=O) groups is 2. The van der Waals surface area contributed by atoms with Gasteiger partial charge in [-0.1, -0.05) is 12.8 Å². The Hall–Kier alpha value is -1.10. The SMILES string of the molecule is CC(=O)N1CCC(C(=O)NC2CCCCC2CO)C1. The van der Waals surface area contributed by atoms with E-state index in [0.29, 0.717) is 13.1 Å². The van der Waals surface area contributed by atoms with Gasteiger partial charge in [0.2, 0.25) is 11.8 Å². The molecule has 1 saturated carbocycles. The standard InChI is InChI=1S/C14H24N2O3/c1-10(18)16-7-6-11(8-16)14(19)15-13-5-3-2-4-12(13)9-17/h11-13,17H,2-9H2,1H3,(H,15,19). The molecule has 5 heteroatoms. The molecular formula is C14H24N2O3. The fourth-order valence-electron chi connectivity index (χ4n) is 3.18. The van der Waals surface area contributed by atoms with Gasteiger partial charge < -0.3 is 15.3 Å². The van der Waals surface area contributed by atoms with Gasteiger partial charge in [-0.3, -0.25) is 9.59 Å². The van der Waals surface area contributed by atoms with Crippen LogP contribution in [0.4, 0.5) is 0 Å². The molecule has 0 aromatic heterocycles. The average Bonchev–Trinajstić information content (AvgIpc) is 2.89. The second-order valence-electron chi connectivity index (χ2n) is 5.79. The van der Waals surface area contributed by atoms with Gasteiger partial charge in [0, 0.05) is 38.6 Å². The smallest absolute Gasteiger partial charge is 0.225 e. The first kappa shape index (κ1) is 14.3. The second-order valence-corrected chi connectivity index (χ2v) is 5.79. The van der Waals surface area contributed by atoms with E-state index in [1.165, 1.54) is 0 Å². The van der Waals surface area contributed by atoms with Gasteiger partial charge in [-0.25, -0.2) is 0 Å². The highest BCUT2D eigenvalue weighted by molar-refractivity contribution is 5.81. The minimum absolute atomic E-state index is 0.0428. The van der Waals surface area contributed by atoms with Crippen LogP contribution in [-0.2, 0) is 9.59 Å². The quantitative estimate of drug-likeness (QED) is 0.784. The van der Waals surface area contributed by atoms with Gasteiger partial charge in [0.05, 0.1) is 5.92 Å². The van der Waals surface area contributed by atoms with E-state index < -0.39 is 0 Å². The van der Waals surface area contributed by atoms with Gasteiger partial charge in [0.15, 0.2) is 0 Å². The highest BCUT2D eigenvalue weighted by atomic mass is 16.3. The molecule has 1 aliphatic carbocycles. The van der Waals surface area contributed by atoms with Crippen molar-refractivity contribution < 1.29 is 14.7 Å². The summed E-state index contributed by atoms with van der Waals surface area (Å²) in [5.74, 6) is 0.212. The molecule has 1 aliphatic heterocycles. The van der Waals surface area contributed by atoms with Crippen molar-refractivity contribution in [2.75, 3.05) is 19.7 Å². The Morgan fingerprint density at radius 1 is 1.26 bits per heavy atom. The van der Waals surface area contributed by atoms with Crippen LogP contribution in [0.15, 0.2) is 0 Å². The number of amides is 2. The van der Waals surface area contributed by atoms with Gasteiger partial charge in [-0.05, 0) is 19.3 Å². The summed E-state index contributed by atoms with van der Waals surface area (Å²) >= 11 is 0. The summed E-state index contributed by atoms with van der Waals surface area (Å²) in [5.41, 5.74) is 0. The molecule has 1 saturated heterocycles. The topological polar surface area (TPSA) is 69.6 Å². The third-order valence-corrected chi connectivity index (χ3v) is 4.48. The number of aliphatic hydroxyl groups excluding tert-OH is 1. The monoisotopic (exact) mass is 268 g/mol. The van der Waals surface area contributed by atoms with Crippen LogP contribution in [0.25, 0.3) is 0 Å². The van der Waals surface area contributed by atoms with Gasteiger partial charge in [-0.2, -0.15) is 0 Å². The lowest BCUT2D eigenvalue weighted by atomic mass is 9.84. The van der Waals surface area contributed by atoms with Crippen LogP contribution >= 0.6 is 0 Å².